The quantitative estimate of drug-likeness (QED) is 0.943. The number of nitrogens with one attached hydrogen (secondary N) is 1. The normalized spacial score (nSPS) is 11.3. The van der Waals surface area contributed by atoms with Gasteiger partial charge in [0.2, 0.25) is 10.0 Å². The minimum absolute atomic E-state index is 0.111. The number of halogens is 1. The average molecular weight is 297 g/mol. The van der Waals surface area contributed by atoms with E-state index < -0.39 is 10.0 Å². The zero-order chi connectivity index (χ0) is 13.9. The number of sulfonamides is 1. The van der Waals surface area contributed by atoms with Gasteiger partial charge in [-0.1, -0.05) is 29.8 Å². The van der Waals surface area contributed by atoms with Crippen LogP contribution in [0.15, 0.2) is 42.6 Å². The van der Waals surface area contributed by atoms with Crippen molar-refractivity contribution in [3.05, 3.63) is 58.7 Å². The maximum absolute atomic E-state index is 12.0. The van der Waals surface area contributed by atoms with Gasteiger partial charge in [-0.25, -0.2) is 13.4 Å². The second kappa shape index (κ2) is 5.59. The Labute approximate surface area is 117 Å². The second-order valence-electron chi connectivity index (χ2n) is 4.21. The summed E-state index contributed by atoms with van der Waals surface area (Å²) >= 11 is 5.75. The van der Waals surface area contributed by atoms with Crippen LogP contribution in [0, 0.1) is 6.92 Å². The molecule has 0 fully saturated rings. The molecule has 2 aromatic rings. The van der Waals surface area contributed by atoms with Crippen molar-refractivity contribution in [1.82, 2.24) is 4.98 Å². The molecule has 0 spiro atoms. The fraction of sp³-hybridized carbons (Fsp3) is 0.154. The summed E-state index contributed by atoms with van der Waals surface area (Å²) in [6, 6.07) is 10.1. The second-order valence-corrected chi connectivity index (χ2v) is 6.37. The van der Waals surface area contributed by atoms with Crippen LogP contribution in [0.3, 0.4) is 0 Å². The molecule has 0 aliphatic rings. The highest BCUT2D eigenvalue weighted by Gasteiger charge is 2.12. The lowest BCUT2D eigenvalue weighted by Gasteiger charge is -2.07. The Morgan fingerprint density at radius 3 is 2.42 bits per heavy atom. The zero-order valence-corrected chi connectivity index (χ0v) is 11.9. The Balaban J connectivity index is 2.10. The highest BCUT2D eigenvalue weighted by molar-refractivity contribution is 7.91. The molecule has 4 nitrogen and oxygen atoms in total. The maximum atomic E-state index is 12.0. The molecule has 1 aromatic heterocycles. The first kappa shape index (κ1) is 13.8. The van der Waals surface area contributed by atoms with Crippen LogP contribution in [0.5, 0.6) is 0 Å². The molecule has 6 heteroatoms. The lowest BCUT2D eigenvalue weighted by Crippen LogP contribution is -2.15. The van der Waals surface area contributed by atoms with Crippen LogP contribution < -0.4 is 4.72 Å². The molecule has 0 saturated carbocycles. The minimum Gasteiger partial charge on any atom is -0.267 e. The van der Waals surface area contributed by atoms with Gasteiger partial charge in [0.25, 0.3) is 0 Å². The van der Waals surface area contributed by atoms with E-state index in [2.05, 4.69) is 9.71 Å². The van der Waals surface area contributed by atoms with Gasteiger partial charge in [0, 0.05) is 11.2 Å². The van der Waals surface area contributed by atoms with Crippen molar-refractivity contribution in [1.29, 1.82) is 0 Å². The minimum atomic E-state index is -3.47. The molecule has 100 valence electrons. The van der Waals surface area contributed by atoms with Gasteiger partial charge in [-0.05, 0) is 36.2 Å². The Hall–Kier alpha value is -1.59. The van der Waals surface area contributed by atoms with Gasteiger partial charge in [0.1, 0.15) is 5.82 Å². The molecule has 0 bridgehead atoms. The van der Waals surface area contributed by atoms with Gasteiger partial charge < -0.3 is 0 Å². The highest BCUT2D eigenvalue weighted by atomic mass is 35.5. The Morgan fingerprint density at radius 1 is 1.16 bits per heavy atom. The summed E-state index contributed by atoms with van der Waals surface area (Å²) in [4.78, 5) is 4.01. The molecule has 2 rings (SSSR count). The van der Waals surface area contributed by atoms with E-state index in [4.69, 9.17) is 11.6 Å². The molecular formula is C13H13ClN2O2S. The molecule has 1 N–H and O–H groups in total. The summed E-state index contributed by atoms with van der Waals surface area (Å²) in [5.74, 6) is 0.208. The number of rotatable bonds is 4. The van der Waals surface area contributed by atoms with Gasteiger partial charge in [-0.2, -0.15) is 0 Å². The summed E-state index contributed by atoms with van der Waals surface area (Å²) < 4.78 is 26.3. The Kier molecular flexibility index (Phi) is 4.07. The predicted molar refractivity (Wildman–Crippen MR) is 76.7 cm³/mol. The molecule has 0 aliphatic carbocycles. The molecular weight excluding hydrogens is 284 g/mol. The van der Waals surface area contributed by atoms with Gasteiger partial charge in [-0.15, -0.1) is 0 Å². The molecule has 0 radical (unpaired) electrons. The number of aryl methyl sites for hydroxylation is 1. The lowest BCUT2D eigenvalue weighted by atomic mass is 10.2. The van der Waals surface area contributed by atoms with Crippen molar-refractivity contribution in [2.45, 2.75) is 12.7 Å². The molecule has 0 atom stereocenters. The highest BCUT2D eigenvalue weighted by Crippen LogP contribution is 2.14. The van der Waals surface area contributed by atoms with Crippen LogP contribution >= 0.6 is 11.6 Å². The van der Waals surface area contributed by atoms with Crippen molar-refractivity contribution in [3.63, 3.8) is 0 Å². The van der Waals surface area contributed by atoms with Gasteiger partial charge in [-0.3, -0.25) is 4.72 Å². The number of pyridine rings is 1. The van der Waals surface area contributed by atoms with Crippen LogP contribution in [-0.2, 0) is 15.8 Å². The predicted octanol–water partition coefficient (Wildman–Crippen LogP) is 2.99. The monoisotopic (exact) mass is 296 g/mol. The first-order chi connectivity index (χ1) is 8.94. The number of hydrogen-bond acceptors (Lipinski definition) is 3. The summed E-state index contributed by atoms with van der Waals surface area (Å²) in [5.41, 5.74) is 1.64. The van der Waals surface area contributed by atoms with E-state index in [1.165, 1.54) is 0 Å². The Morgan fingerprint density at radius 2 is 1.84 bits per heavy atom. The number of hydrogen-bond donors (Lipinski definition) is 1. The topological polar surface area (TPSA) is 59.1 Å². The molecule has 0 unspecified atom stereocenters. The summed E-state index contributed by atoms with van der Waals surface area (Å²) in [6.07, 6.45) is 1.61. The van der Waals surface area contributed by atoms with Crippen LogP contribution in [-0.4, -0.2) is 13.4 Å². The number of aromatic nitrogens is 1. The molecule has 1 heterocycles. The first-order valence-electron chi connectivity index (χ1n) is 5.62. The smallest absolute Gasteiger partial charge is 0.238 e. The number of benzene rings is 1. The van der Waals surface area contributed by atoms with Crippen LogP contribution in [0.2, 0.25) is 5.02 Å². The third kappa shape index (κ3) is 4.22. The number of nitrogens with zero attached hydrogens (tertiary/aromatic N) is 1. The lowest BCUT2D eigenvalue weighted by molar-refractivity contribution is 0.600. The summed E-state index contributed by atoms with van der Waals surface area (Å²) in [6.45, 7) is 1.89. The average Bonchev–Trinajstić information content (AvgIpc) is 2.34. The van der Waals surface area contributed by atoms with E-state index in [1.54, 1.807) is 42.6 Å². The summed E-state index contributed by atoms with van der Waals surface area (Å²) in [5, 5.41) is 0.578. The van der Waals surface area contributed by atoms with Gasteiger partial charge in [0.15, 0.2) is 0 Å². The standard InChI is InChI=1S/C13H13ClN2O2S/c1-10-2-7-13(15-8-10)16-19(17,18)9-11-3-5-12(14)6-4-11/h2-8H,9H2,1H3,(H,15,16). The van der Waals surface area contributed by atoms with E-state index >= 15 is 0 Å². The van der Waals surface area contributed by atoms with E-state index in [0.29, 0.717) is 16.4 Å². The third-order valence-electron chi connectivity index (χ3n) is 2.44. The van der Waals surface area contributed by atoms with Crippen molar-refractivity contribution in [3.8, 4) is 0 Å². The van der Waals surface area contributed by atoms with Crippen molar-refractivity contribution >= 4 is 27.4 Å². The van der Waals surface area contributed by atoms with Crippen molar-refractivity contribution < 1.29 is 8.42 Å². The molecule has 0 amide bonds. The molecule has 0 aliphatic heterocycles. The van der Waals surface area contributed by atoms with E-state index in [1.807, 2.05) is 6.92 Å². The van der Waals surface area contributed by atoms with Crippen LogP contribution in [0.4, 0.5) is 5.82 Å². The van der Waals surface area contributed by atoms with E-state index in [-0.39, 0.29) is 5.75 Å². The maximum Gasteiger partial charge on any atom is 0.238 e. The summed E-state index contributed by atoms with van der Waals surface area (Å²) in [7, 11) is -3.47. The van der Waals surface area contributed by atoms with Crippen molar-refractivity contribution in [2.75, 3.05) is 4.72 Å². The molecule has 19 heavy (non-hydrogen) atoms. The van der Waals surface area contributed by atoms with Gasteiger partial charge >= 0.3 is 0 Å². The molecule has 1 aromatic carbocycles. The van der Waals surface area contributed by atoms with Crippen LogP contribution in [0.25, 0.3) is 0 Å². The van der Waals surface area contributed by atoms with E-state index in [0.717, 1.165) is 5.56 Å². The SMILES string of the molecule is Cc1ccc(NS(=O)(=O)Cc2ccc(Cl)cc2)nc1. The Bertz CT molecular complexity index is 599. The fourth-order valence-corrected chi connectivity index (χ4v) is 2.79. The fourth-order valence-electron chi connectivity index (χ4n) is 1.52. The van der Waals surface area contributed by atoms with E-state index in [9.17, 15) is 8.42 Å². The largest absolute Gasteiger partial charge is 0.267 e. The third-order valence-corrected chi connectivity index (χ3v) is 3.93. The molecule has 0 saturated heterocycles. The first-order valence-corrected chi connectivity index (χ1v) is 7.65. The van der Waals surface area contributed by atoms with Gasteiger partial charge in [0.05, 0.1) is 5.75 Å². The zero-order valence-electron chi connectivity index (χ0n) is 10.3. The number of anilines is 1. The van der Waals surface area contributed by atoms with Crippen molar-refractivity contribution in [2.24, 2.45) is 0 Å². The van der Waals surface area contributed by atoms with Crippen LogP contribution in [0.1, 0.15) is 11.1 Å².